The fraction of sp³-hybridized carbons (Fsp3) is 0.303. The lowest BCUT2D eigenvalue weighted by molar-refractivity contribution is 0.0184. The van der Waals surface area contributed by atoms with Gasteiger partial charge in [0.15, 0.2) is 11.5 Å². The van der Waals surface area contributed by atoms with Gasteiger partial charge in [0.05, 0.1) is 37.7 Å². The summed E-state index contributed by atoms with van der Waals surface area (Å²) in [5, 5.41) is 0. The molecule has 42 heavy (non-hydrogen) atoms. The minimum Gasteiger partial charge on any atom is -0.493 e. The van der Waals surface area contributed by atoms with E-state index in [-0.39, 0.29) is 0 Å². The number of pyridine rings is 1. The molecule has 0 saturated carbocycles. The Labute approximate surface area is 245 Å². The summed E-state index contributed by atoms with van der Waals surface area (Å²) in [6.45, 7) is 6.45. The molecule has 9 heteroatoms. The highest BCUT2D eigenvalue weighted by atomic mass is 16.6. The molecule has 1 aliphatic heterocycles. The topological polar surface area (TPSA) is 91.6 Å². The molecule has 1 atom stereocenters. The standard InChI is InChI=1S/C33H35N3O6/c1-33(2,3)42-32(38)36-16-13-23-17-29(41-21-22-9-7-6-8-10-22)28(39-4)19-26(23)27(36)12-11-25-20-34-30-18-24(31(37)40-5)14-15-35(25)30/h6-12,14-15,17-20,27H,13,16,21H2,1-5H3/b12-11+. The Hall–Kier alpha value is -4.79. The van der Waals surface area contributed by atoms with Gasteiger partial charge >= 0.3 is 12.1 Å². The minimum absolute atomic E-state index is 0.396. The summed E-state index contributed by atoms with van der Waals surface area (Å²) in [6.07, 6.45) is 7.61. The van der Waals surface area contributed by atoms with Crippen LogP contribution in [0.15, 0.2) is 73.1 Å². The summed E-state index contributed by atoms with van der Waals surface area (Å²) in [5.74, 6) is 0.807. The molecule has 1 amide bonds. The number of carbonyl (C=O) groups excluding carboxylic acids is 2. The van der Waals surface area contributed by atoms with Crippen molar-refractivity contribution in [1.29, 1.82) is 0 Å². The second-order valence-electron chi connectivity index (χ2n) is 11.0. The maximum absolute atomic E-state index is 13.4. The van der Waals surface area contributed by atoms with Gasteiger partial charge in [-0.05, 0) is 74.2 Å². The number of nitrogens with zero attached hydrogens (tertiary/aromatic N) is 3. The first kappa shape index (κ1) is 28.7. The van der Waals surface area contributed by atoms with Gasteiger partial charge in [-0.25, -0.2) is 14.6 Å². The van der Waals surface area contributed by atoms with E-state index >= 15 is 0 Å². The molecule has 218 valence electrons. The van der Waals surface area contributed by atoms with Crippen LogP contribution in [0.2, 0.25) is 0 Å². The van der Waals surface area contributed by atoms with E-state index in [9.17, 15) is 9.59 Å². The minimum atomic E-state index is -0.641. The lowest BCUT2D eigenvalue weighted by atomic mass is 9.91. The SMILES string of the molecule is COC(=O)c1ccn2c(/C=C/C3c4cc(OC)c(OCc5ccccc5)cc4CCN3C(=O)OC(C)(C)C)cnc2c1. The Bertz CT molecular complexity index is 1620. The van der Waals surface area contributed by atoms with Crippen LogP contribution in [0.5, 0.6) is 11.5 Å². The summed E-state index contributed by atoms with van der Waals surface area (Å²) in [7, 11) is 2.95. The Morgan fingerprint density at radius 3 is 2.55 bits per heavy atom. The molecular formula is C33H35N3O6. The number of carbonyl (C=O) groups is 2. The van der Waals surface area contributed by atoms with Gasteiger partial charge in [0.1, 0.15) is 17.9 Å². The zero-order valence-corrected chi connectivity index (χ0v) is 24.5. The third-order valence-electron chi connectivity index (χ3n) is 6.98. The molecule has 0 N–H and O–H groups in total. The number of methoxy groups -OCH3 is 2. The number of aromatic nitrogens is 2. The highest BCUT2D eigenvalue weighted by Crippen LogP contribution is 2.40. The van der Waals surface area contributed by atoms with Crippen molar-refractivity contribution in [3.05, 3.63) is 101 Å². The van der Waals surface area contributed by atoms with Gasteiger partial charge in [-0.15, -0.1) is 0 Å². The molecule has 3 heterocycles. The normalized spacial score (nSPS) is 15.0. The predicted octanol–water partition coefficient (Wildman–Crippen LogP) is 6.26. The molecule has 0 spiro atoms. The molecule has 2 aromatic heterocycles. The first-order valence-electron chi connectivity index (χ1n) is 13.8. The van der Waals surface area contributed by atoms with Crippen molar-refractivity contribution in [2.24, 2.45) is 0 Å². The number of ether oxygens (including phenoxy) is 4. The molecule has 0 bridgehead atoms. The Morgan fingerprint density at radius 2 is 1.83 bits per heavy atom. The Balaban J connectivity index is 1.50. The van der Waals surface area contributed by atoms with Gasteiger partial charge < -0.3 is 23.3 Å². The first-order valence-corrected chi connectivity index (χ1v) is 13.8. The Kier molecular flexibility index (Phi) is 8.20. The van der Waals surface area contributed by atoms with Crippen molar-refractivity contribution in [3.8, 4) is 11.5 Å². The highest BCUT2D eigenvalue weighted by Gasteiger charge is 2.33. The van der Waals surface area contributed by atoms with Crippen molar-refractivity contribution < 1.29 is 28.5 Å². The third-order valence-corrected chi connectivity index (χ3v) is 6.98. The monoisotopic (exact) mass is 569 g/mol. The number of rotatable bonds is 7. The third kappa shape index (κ3) is 6.25. The lowest BCUT2D eigenvalue weighted by Crippen LogP contribution is -2.42. The summed E-state index contributed by atoms with van der Waals surface area (Å²) in [6, 6.07) is 16.8. The summed E-state index contributed by atoms with van der Waals surface area (Å²) in [4.78, 5) is 31.5. The van der Waals surface area contributed by atoms with Gasteiger partial charge in [0.2, 0.25) is 0 Å². The average molecular weight is 570 g/mol. The zero-order valence-electron chi connectivity index (χ0n) is 24.5. The highest BCUT2D eigenvalue weighted by molar-refractivity contribution is 5.90. The molecule has 5 rings (SSSR count). The van der Waals surface area contributed by atoms with E-state index in [2.05, 4.69) is 4.98 Å². The summed E-state index contributed by atoms with van der Waals surface area (Å²) < 4.78 is 24.4. The van der Waals surface area contributed by atoms with E-state index in [0.29, 0.717) is 42.3 Å². The lowest BCUT2D eigenvalue weighted by Gasteiger charge is -2.37. The fourth-order valence-corrected chi connectivity index (χ4v) is 4.96. The summed E-state index contributed by atoms with van der Waals surface area (Å²) >= 11 is 0. The number of hydrogen-bond acceptors (Lipinski definition) is 7. The van der Waals surface area contributed by atoms with E-state index in [0.717, 1.165) is 22.4 Å². The number of hydrogen-bond donors (Lipinski definition) is 0. The maximum atomic E-state index is 13.4. The molecule has 0 saturated heterocycles. The zero-order chi connectivity index (χ0) is 29.9. The average Bonchev–Trinajstić information content (AvgIpc) is 3.39. The molecule has 2 aromatic carbocycles. The van der Waals surface area contributed by atoms with Crippen LogP contribution in [-0.4, -0.2) is 52.7 Å². The molecule has 0 fully saturated rings. The Morgan fingerprint density at radius 1 is 1.05 bits per heavy atom. The van der Waals surface area contributed by atoms with Gasteiger partial charge in [-0.1, -0.05) is 36.4 Å². The molecular weight excluding hydrogens is 534 g/mol. The maximum Gasteiger partial charge on any atom is 0.411 e. The molecule has 1 unspecified atom stereocenters. The molecule has 9 nitrogen and oxygen atoms in total. The number of benzene rings is 2. The second kappa shape index (κ2) is 12.0. The molecule has 1 aliphatic rings. The number of esters is 1. The van der Waals surface area contributed by atoms with Crippen LogP contribution in [0.3, 0.4) is 0 Å². The van der Waals surface area contributed by atoms with Crippen LogP contribution in [0, 0.1) is 0 Å². The van der Waals surface area contributed by atoms with Crippen LogP contribution >= 0.6 is 0 Å². The second-order valence-corrected chi connectivity index (χ2v) is 11.0. The van der Waals surface area contributed by atoms with Crippen molar-refractivity contribution in [3.63, 3.8) is 0 Å². The van der Waals surface area contributed by atoms with Crippen LogP contribution in [0.25, 0.3) is 11.7 Å². The van der Waals surface area contributed by atoms with Crippen molar-refractivity contribution in [1.82, 2.24) is 14.3 Å². The quantitative estimate of drug-likeness (QED) is 0.243. The largest absolute Gasteiger partial charge is 0.493 e. The van der Waals surface area contributed by atoms with Gasteiger partial charge in [0, 0.05) is 12.7 Å². The van der Waals surface area contributed by atoms with Gasteiger partial charge in [-0.3, -0.25) is 4.90 Å². The fourth-order valence-electron chi connectivity index (χ4n) is 4.96. The smallest absolute Gasteiger partial charge is 0.411 e. The van der Waals surface area contributed by atoms with E-state index in [4.69, 9.17) is 18.9 Å². The van der Waals surface area contributed by atoms with Crippen molar-refractivity contribution in [2.45, 2.75) is 45.4 Å². The molecule has 0 radical (unpaired) electrons. The number of amides is 1. The van der Waals surface area contributed by atoms with Crippen molar-refractivity contribution in [2.75, 3.05) is 20.8 Å². The van der Waals surface area contributed by atoms with Gasteiger partial charge in [-0.2, -0.15) is 0 Å². The molecule has 4 aromatic rings. The first-order chi connectivity index (χ1) is 20.2. The van der Waals surface area contributed by atoms with Crippen LogP contribution in [0.1, 0.15) is 59.6 Å². The van der Waals surface area contributed by atoms with Crippen LogP contribution in [-0.2, 0) is 22.5 Å². The van der Waals surface area contributed by atoms with E-state index in [1.165, 1.54) is 7.11 Å². The van der Waals surface area contributed by atoms with E-state index in [1.54, 1.807) is 36.5 Å². The van der Waals surface area contributed by atoms with Gasteiger partial charge in [0.25, 0.3) is 0 Å². The van der Waals surface area contributed by atoms with Crippen molar-refractivity contribution >= 4 is 23.8 Å². The van der Waals surface area contributed by atoms with Crippen LogP contribution in [0.4, 0.5) is 4.79 Å². The number of imidazole rings is 1. The number of fused-ring (bicyclic) bond motifs is 2. The molecule has 0 aliphatic carbocycles. The van der Waals surface area contributed by atoms with E-state index in [1.807, 2.05) is 79.8 Å². The summed E-state index contributed by atoms with van der Waals surface area (Å²) in [5.41, 5.74) is 4.21. The predicted molar refractivity (Wildman–Crippen MR) is 159 cm³/mol. The van der Waals surface area contributed by atoms with Crippen LogP contribution < -0.4 is 9.47 Å². The van der Waals surface area contributed by atoms with E-state index < -0.39 is 23.7 Å².